The summed E-state index contributed by atoms with van der Waals surface area (Å²) in [5.74, 6) is 0. The number of para-hydroxylation sites is 1. The molecule has 1 nitrogen and oxygen atoms in total. The van der Waals surface area contributed by atoms with Crippen molar-refractivity contribution in [1.29, 1.82) is 0 Å². The smallest absolute Gasteiger partial charge is 0.0515 e. The molecule has 0 saturated heterocycles. The molecule has 0 atom stereocenters. The lowest BCUT2D eigenvalue weighted by Crippen LogP contribution is -1.99. The highest BCUT2D eigenvalue weighted by Gasteiger charge is 2.08. The van der Waals surface area contributed by atoms with E-state index in [1.165, 1.54) is 32.1 Å². The monoisotopic (exact) mass is 291 g/mol. The van der Waals surface area contributed by atoms with Gasteiger partial charge in [-0.2, -0.15) is 0 Å². The lowest BCUT2D eigenvalue weighted by Gasteiger charge is -2.08. The van der Waals surface area contributed by atoms with Gasteiger partial charge in [-0.25, -0.2) is 0 Å². The molecule has 2 heteroatoms. The van der Waals surface area contributed by atoms with Crippen LogP contribution in [-0.2, 0) is 13.0 Å². The van der Waals surface area contributed by atoms with Crippen molar-refractivity contribution in [1.82, 2.24) is 4.57 Å². The maximum Gasteiger partial charge on any atom is 0.0515 e. The van der Waals surface area contributed by atoms with Gasteiger partial charge in [0, 0.05) is 17.4 Å². The van der Waals surface area contributed by atoms with E-state index in [1.807, 2.05) is 11.3 Å². The van der Waals surface area contributed by atoms with Crippen LogP contribution in [0.5, 0.6) is 0 Å². The standard InChI is InChI=1S/C19H17NS/c1-2-14-6-5-7-15-10-11-20(19(14)15)12-16-13-21-18-9-4-3-8-17(16)18/h3-11,13H,2,12H2,1H3. The Hall–Kier alpha value is -2.06. The molecule has 0 spiro atoms. The van der Waals surface area contributed by atoms with Gasteiger partial charge >= 0.3 is 0 Å². The second-order valence-electron chi connectivity index (χ2n) is 5.41. The Bertz CT molecular complexity index is 914. The van der Waals surface area contributed by atoms with Crippen LogP contribution in [0.4, 0.5) is 0 Å². The first-order valence-electron chi connectivity index (χ1n) is 7.38. The molecule has 4 aromatic rings. The predicted molar refractivity (Wildman–Crippen MR) is 92.2 cm³/mol. The zero-order chi connectivity index (χ0) is 14.2. The van der Waals surface area contributed by atoms with Crippen LogP contribution in [0, 0.1) is 0 Å². The van der Waals surface area contributed by atoms with Crippen LogP contribution in [0.3, 0.4) is 0 Å². The van der Waals surface area contributed by atoms with E-state index in [-0.39, 0.29) is 0 Å². The number of hydrogen-bond acceptors (Lipinski definition) is 1. The lowest BCUT2D eigenvalue weighted by molar-refractivity contribution is 0.840. The van der Waals surface area contributed by atoms with Crippen LogP contribution in [-0.4, -0.2) is 4.57 Å². The van der Waals surface area contributed by atoms with Gasteiger partial charge in [0.05, 0.1) is 5.52 Å². The molecule has 2 aromatic heterocycles. The number of benzene rings is 2. The molecular formula is C19H17NS. The average molecular weight is 291 g/mol. The Labute approximate surface area is 128 Å². The van der Waals surface area contributed by atoms with E-state index in [9.17, 15) is 0 Å². The number of fused-ring (bicyclic) bond motifs is 2. The molecule has 0 amide bonds. The maximum absolute atomic E-state index is 2.39. The zero-order valence-electron chi connectivity index (χ0n) is 12.0. The SMILES string of the molecule is CCc1cccc2ccn(Cc3csc4ccccc34)c12. The Kier molecular flexibility index (Phi) is 3.04. The normalized spacial score (nSPS) is 11.5. The molecule has 2 heterocycles. The minimum Gasteiger partial charge on any atom is -0.343 e. The summed E-state index contributed by atoms with van der Waals surface area (Å²) in [6, 6.07) is 17.5. The molecular weight excluding hydrogens is 274 g/mol. The Morgan fingerprint density at radius 2 is 1.86 bits per heavy atom. The Balaban J connectivity index is 1.84. The first-order valence-corrected chi connectivity index (χ1v) is 8.26. The van der Waals surface area contributed by atoms with Gasteiger partial charge in [0.25, 0.3) is 0 Å². The third kappa shape index (κ3) is 2.07. The Morgan fingerprint density at radius 1 is 0.952 bits per heavy atom. The number of aryl methyl sites for hydroxylation is 1. The summed E-state index contributed by atoms with van der Waals surface area (Å²) in [6.07, 6.45) is 3.29. The molecule has 104 valence electrons. The third-order valence-corrected chi connectivity index (χ3v) is 5.17. The molecule has 0 unspecified atom stereocenters. The zero-order valence-corrected chi connectivity index (χ0v) is 12.9. The van der Waals surface area contributed by atoms with Crippen molar-refractivity contribution in [2.75, 3.05) is 0 Å². The van der Waals surface area contributed by atoms with E-state index >= 15 is 0 Å². The van der Waals surface area contributed by atoms with Crippen molar-refractivity contribution in [3.8, 4) is 0 Å². The van der Waals surface area contributed by atoms with Gasteiger partial charge in [0.2, 0.25) is 0 Å². The summed E-state index contributed by atoms with van der Waals surface area (Å²) in [5.41, 5.74) is 4.23. The number of aromatic nitrogens is 1. The van der Waals surface area contributed by atoms with Crippen LogP contribution in [0.1, 0.15) is 18.1 Å². The number of hydrogen-bond donors (Lipinski definition) is 0. The minimum absolute atomic E-state index is 0.949. The van der Waals surface area contributed by atoms with E-state index < -0.39 is 0 Å². The average Bonchev–Trinajstić information content (AvgIpc) is 3.13. The summed E-state index contributed by atoms with van der Waals surface area (Å²) in [6.45, 7) is 3.18. The molecule has 0 bridgehead atoms. The van der Waals surface area contributed by atoms with Gasteiger partial charge in [-0.3, -0.25) is 0 Å². The highest BCUT2D eigenvalue weighted by atomic mass is 32.1. The number of rotatable bonds is 3. The number of thiophene rings is 1. The van der Waals surface area contributed by atoms with E-state index in [1.54, 1.807) is 0 Å². The lowest BCUT2D eigenvalue weighted by atomic mass is 10.1. The second kappa shape index (κ2) is 5.05. The molecule has 0 saturated carbocycles. The van der Waals surface area contributed by atoms with E-state index in [0.717, 1.165) is 13.0 Å². The van der Waals surface area contributed by atoms with Crippen molar-refractivity contribution in [2.24, 2.45) is 0 Å². The fourth-order valence-corrected chi connectivity index (χ4v) is 4.05. The summed E-state index contributed by atoms with van der Waals surface area (Å²) in [7, 11) is 0. The van der Waals surface area contributed by atoms with Crippen molar-refractivity contribution in [3.63, 3.8) is 0 Å². The summed E-state index contributed by atoms with van der Waals surface area (Å²) in [5, 5.41) is 5.03. The molecule has 0 aliphatic rings. The van der Waals surface area contributed by atoms with Gasteiger partial charge in [-0.1, -0.05) is 43.3 Å². The third-order valence-electron chi connectivity index (χ3n) is 4.15. The molecule has 0 radical (unpaired) electrons. The van der Waals surface area contributed by atoms with Gasteiger partial charge < -0.3 is 4.57 Å². The Morgan fingerprint density at radius 3 is 2.76 bits per heavy atom. The fraction of sp³-hybridized carbons (Fsp3) is 0.158. The van der Waals surface area contributed by atoms with Gasteiger partial charge in [-0.15, -0.1) is 11.3 Å². The highest BCUT2D eigenvalue weighted by Crippen LogP contribution is 2.28. The molecule has 21 heavy (non-hydrogen) atoms. The maximum atomic E-state index is 2.39. The molecule has 0 aliphatic carbocycles. The summed E-state index contributed by atoms with van der Waals surface area (Å²) < 4.78 is 3.77. The largest absolute Gasteiger partial charge is 0.343 e. The molecule has 2 aromatic carbocycles. The van der Waals surface area contributed by atoms with Crippen molar-refractivity contribution < 1.29 is 0 Å². The van der Waals surface area contributed by atoms with Gasteiger partial charge in [0.15, 0.2) is 0 Å². The van der Waals surface area contributed by atoms with Crippen LogP contribution in [0.15, 0.2) is 60.1 Å². The summed E-state index contributed by atoms with van der Waals surface area (Å²) >= 11 is 1.84. The first-order chi connectivity index (χ1) is 10.4. The first kappa shape index (κ1) is 12.7. The van der Waals surface area contributed by atoms with Gasteiger partial charge in [-0.05, 0) is 45.8 Å². The predicted octanol–water partition coefficient (Wildman–Crippen LogP) is 5.47. The molecule has 0 fully saturated rings. The quantitative estimate of drug-likeness (QED) is 0.472. The number of nitrogens with zero attached hydrogens (tertiary/aromatic N) is 1. The summed E-state index contributed by atoms with van der Waals surface area (Å²) in [4.78, 5) is 0. The van der Waals surface area contributed by atoms with Crippen LogP contribution in [0.2, 0.25) is 0 Å². The highest BCUT2D eigenvalue weighted by molar-refractivity contribution is 7.17. The van der Waals surface area contributed by atoms with Crippen LogP contribution in [0.25, 0.3) is 21.0 Å². The van der Waals surface area contributed by atoms with Crippen LogP contribution >= 0.6 is 11.3 Å². The minimum atomic E-state index is 0.949. The van der Waals surface area contributed by atoms with Crippen molar-refractivity contribution in [3.05, 3.63) is 71.2 Å². The fourth-order valence-electron chi connectivity index (χ4n) is 3.10. The van der Waals surface area contributed by atoms with E-state index in [4.69, 9.17) is 0 Å². The van der Waals surface area contributed by atoms with E-state index in [2.05, 4.69) is 71.6 Å². The molecule has 0 aliphatic heterocycles. The van der Waals surface area contributed by atoms with Crippen LogP contribution < -0.4 is 0 Å². The topological polar surface area (TPSA) is 4.93 Å². The van der Waals surface area contributed by atoms with Crippen molar-refractivity contribution in [2.45, 2.75) is 19.9 Å². The second-order valence-corrected chi connectivity index (χ2v) is 6.32. The van der Waals surface area contributed by atoms with Crippen molar-refractivity contribution >= 4 is 32.3 Å². The van der Waals surface area contributed by atoms with E-state index in [0.29, 0.717) is 0 Å². The van der Waals surface area contributed by atoms with Gasteiger partial charge in [0.1, 0.15) is 0 Å². The molecule has 4 rings (SSSR count). The molecule has 0 N–H and O–H groups in total.